The highest BCUT2D eigenvalue weighted by molar-refractivity contribution is 6.12. The number of aryl methyl sites for hydroxylation is 2. The number of nitrogens with zero attached hydrogens (tertiary/aromatic N) is 2. The van der Waals surface area contributed by atoms with Crippen molar-refractivity contribution in [3.63, 3.8) is 0 Å². The molecule has 0 aliphatic carbocycles. The number of amidine groups is 1. The molecule has 2 aliphatic heterocycles. The van der Waals surface area contributed by atoms with Gasteiger partial charge < -0.3 is 14.4 Å². The van der Waals surface area contributed by atoms with E-state index < -0.39 is 0 Å². The lowest BCUT2D eigenvalue weighted by Gasteiger charge is -2.29. The largest absolute Gasteiger partial charge is 0.493 e. The molecule has 31 heavy (non-hydrogen) atoms. The van der Waals surface area contributed by atoms with E-state index in [-0.39, 0.29) is 0 Å². The van der Waals surface area contributed by atoms with E-state index in [0.29, 0.717) is 0 Å². The molecule has 4 heteroatoms. The van der Waals surface area contributed by atoms with E-state index in [0.717, 1.165) is 43.3 Å². The lowest BCUT2D eigenvalue weighted by Crippen LogP contribution is -2.30. The molecule has 4 nitrogen and oxygen atoms in total. The zero-order valence-corrected chi connectivity index (χ0v) is 18.0. The number of rotatable bonds is 6. The summed E-state index contributed by atoms with van der Waals surface area (Å²) in [6.45, 7) is 1.79. The molecule has 0 spiro atoms. The van der Waals surface area contributed by atoms with Gasteiger partial charge in [-0.3, -0.25) is 4.99 Å². The van der Waals surface area contributed by atoms with Crippen molar-refractivity contribution in [1.29, 1.82) is 0 Å². The predicted molar refractivity (Wildman–Crippen MR) is 126 cm³/mol. The summed E-state index contributed by atoms with van der Waals surface area (Å²) in [5.41, 5.74) is 7.51. The molecule has 0 fully saturated rings. The maximum absolute atomic E-state index is 5.43. The molecule has 0 radical (unpaired) electrons. The highest BCUT2D eigenvalue weighted by Crippen LogP contribution is 2.33. The fourth-order valence-corrected chi connectivity index (χ4v) is 4.37. The molecule has 156 valence electrons. The summed E-state index contributed by atoms with van der Waals surface area (Å²) < 4.78 is 10.8. The second-order valence-corrected chi connectivity index (χ2v) is 7.86. The van der Waals surface area contributed by atoms with E-state index in [4.69, 9.17) is 14.5 Å². The first-order valence-corrected chi connectivity index (χ1v) is 10.7. The normalized spacial score (nSPS) is 14.5. The van der Waals surface area contributed by atoms with Crippen LogP contribution in [0, 0.1) is 0 Å². The minimum absolute atomic E-state index is 0.766. The van der Waals surface area contributed by atoms with E-state index in [1.54, 1.807) is 14.2 Å². The Balaban J connectivity index is 1.34. The maximum atomic E-state index is 5.43. The summed E-state index contributed by atoms with van der Waals surface area (Å²) >= 11 is 0. The highest BCUT2D eigenvalue weighted by atomic mass is 16.5. The van der Waals surface area contributed by atoms with E-state index in [1.165, 1.54) is 33.5 Å². The first-order valence-electron chi connectivity index (χ1n) is 10.7. The number of methoxy groups -OCH3 is 2. The molecular formula is C27H26N2O2. The quantitative estimate of drug-likeness (QED) is 0.569. The monoisotopic (exact) mass is 410 g/mol. The molecule has 5 rings (SSSR count). The minimum Gasteiger partial charge on any atom is -0.493 e. The van der Waals surface area contributed by atoms with Crippen LogP contribution >= 0.6 is 0 Å². The zero-order valence-electron chi connectivity index (χ0n) is 18.0. The molecule has 3 aromatic carbocycles. The molecule has 0 amide bonds. The van der Waals surface area contributed by atoms with E-state index in [9.17, 15) is 0 Å². The Morgan fingerprint density at radius 1 is 0.839 bits per heavy atom. The molecular weight excluding hydrogens is 384 g/mol. The molecule has 0 atom stereocenters. The SMILES string of the molecule is COc1ccc(CCc2ccc(C3=Cc4ccccc4C4=NCCN34)cc2)cc1OC. The van der Waals surface area contributed by atoms with Crippen LogP contribution in [-0.4, -0.2) is 38.0 Å². The number of ether oxygens (including phenoxy) is 2. The van der Waals surface area contributed by atoms with Gasteiger partial charge in [0.05, 0.1) is 26.5 Å². The Labute approximate surface area is 183 Å². The van der Waals surface area contributed by atoms with Crippen LogP contribution < -0.4 is 9.47 Å². The van der Waals surface area contributed by atoms with Gasteiger partial charge >= 0.3 is 0 Å². The first-order chi connectivity index (χ1) is 15.3. The van der Waals surface area contributed by atoms with Gasteiger partial charge in [-0.2, -0.15) is 0 Å². The van der Waals surface area contributed by atoms with Gasteiger partial charge in [0.25, 0.3) is 0 Å². The Hall–Kier alpha value is -3.53. The standard InChI is InChI=1S/C27H26N2O2/c1-30-25-14-11-20(17-26(25)31-2)8-7-19-9-12-21(13-10-19)24-18-22-5-3-4-6-23(22)27-28-15-16-29(24)27/h3-6,9-14,17-18H,7-8,15-16H2,1-2H3. The first kappa shape index (κ1) is 19.4. The van der Waals surface area contributed by atoms with Crippen LogP contribution in [0.3, 0.4) is 0 Å². The summed E-state index contributed by atoms with van der Waals surface area (Å²) in [7, 11) is 3.34. The topological polar surface area (TPSA) is 34.1 Å². The molecule has 0 saturated carbocycles. The summed E-state index contributed by atoms with van der Waals surface area (Å²) in [5, 5.41) is 0. The van der Waals surface area contributed by atoms with Crippen LogP contribution in [0.2, 0.25) is 0 Å². The molecule has 0 N–H and O–H groups in total. The summed E-state index contributed by atoms with van der Waals surface area (Å²) in [6, 6.07) is 23.6. The van der Waals surface area contributed by atoms with Gasteiger partial charge in [0, 0.05) is 12.1 Å². The van der Waals surface area contributed by atoms with Gasteiger partial charge in [-0.1, -0.05) is 54.6 Å². The maximum Gasteiger partial charge on any atom is 0.160 e. The van der Waals surface area contributed by atoms with Gasteiger partial charge in [-0.05, 0) is 53.3 Å². The Kier molecular flexibility index (Phi) is 5.21. The van der Waals surface area contributed by atoms with Gasteiger partial charge in [-0.25, -0.2) is 0 Å². The third-order valence-electron chi connectivity index (χ3n) is 6.03. The van der Waals surface area contributed by atoms with E-state index in [2.05, 4.69) is 71.6 Å². The second-order valence-electron chi connectivity index (χ2n) is 7.86. The molecule has 0 bridgehead atoms. The third kappa shape index (κ3) is 3.70. The highest BCUT2D eigenvalue weighted by Gasteiger charge is 2.28. The molecule has 2 heterocycles. The van der Waals surface area contributed by atoms with Crippen LogP contribution in [0.15, 0.2) is 71.7 Å². The van der Waals surface area contributed by atoms with Gasteiger partial charge in [-0.15, -0.1) is 0 Å². The van der Waals surface area contributed by atoms with Crippen molar-refractivity contribution in [2.75, 3.05) is 27.3 Å². The number of hydrogen-bond acceptors (Lipinski definition) is 4. The van der Waals surface area contributed by atoms with Crippen molar-refractivity contribution in [3.8, 4) is 11.5 Å². The van der Waals surface area contributed by atoms with E-state index in [1.807, 2.05) is 6.07 Å². The van der Waals surface area contributed by atoms with Crippen molar-refractivity contribution in [1.82, 2.24) is 4.90 Å². The van der Waals surface area contributed by atoms with Crippen molar-refractivity contribution < 1.29 is 9.47 Å². The lowest BCUT2D eigenvalue weighted by molar-refractivity contribution is 0.354. The Morgan fingerprint density at radius 2 is 1.58 bits per heavy atom. The van der Waals surface area contributed by atoms with Crippen LogP contribution in [0.1, 0.15) is 27.8 Å². The Bertz CT molecular complexity index is 1160. The molecule has 3 aromatic rings. The van der Waals surface area contributed by atoms with Crippen LogP contribution in [0.4, 0.5) is 0 Å². The average molecular weight is 411 g/mol. The molecule has 0 aromatic heterocycles. The number of aliphatic imine (C=N–C) groups is 1. The van der Waals surface area contributed by atoms with E-state index >= 15 is 0 Å². The lowest BCUT2D eigenvalue weighted by atomic mass is 9.96. The van der Waals surface area contributed by atoms with Gasteiger partial charge in [0.1, 0.15) is 5.84 Å². The zero-order chi connectivity index (χ0) is 21.2. The average Bonchev–Trinajstić information content (AvgIpc) is 3.33. The summed E-state index contributed by atoms with van der Waals surface area (Å²) in [5.74, 6) is 2.65. The number of benzene rings is 3. The van der Waals surface area contributed by atoms with Gasteiger partial charge in [0.2, 0.25) is 0 Å². The van der Waals surface area contributed by atoms with Crippen molar-refractivity contribution >= 4 is 17.6 Å². The third-order valence-corrected chi connectivity index (χ3v) is 6.03. The number of fused-ring (bicyclic) bond motifs is 3. The second kappa shape index (κ2) is 8.31. The van der Waals surface area contributed by atoms with Crippen LogP contribution in [0.25, 0.3) is 11.8 Å². The molecule has 2 aliphatic rings. The minimum atomic E-state index is 0.766. The van der Waals surface area contributed by atoms with Crippen molar-refractivity contribution in [2.24, 2.45) is 4.99 Å². The van der Waals surface area contributed by atoms with Crippen molar-refractivity contribution in [3.05, 3.63) is 94.5 Å². The molecule has 0 unspecified atom stereocenters. The fourth-order valence-electron chi connectivity index (χ4n) is 4.37. The fraction of sp³-hybridized carbons (Fsp3) is 0.222. The smallest absolute Gasteiger partial charge is 0.160 e. The van der Waals surface area contributed by atoms with Crippen LogP contribution in [0.5, 0.6) is 11.5 Å². The summed E-state index contributed by atoms with van der Waals surface area (Å²) in [6.07, 6.45) is 4.23. The Morgan fingerprint density at radius 3 is 2.39 bits per heavy atom. The van der Waals surface area contributed by atoms with Gasteiger partial charge in [0.15, 0.2) is 11.5 Å². The number of hydrogen-bond donors (Lipinski definition) is 0. The van der Waals surface area contributed by atoms with Crippen molar-refractivity contribution in [2.45, 2.75) is 12.8 Å². The molecule has 0 saturated heterocycles. The predicted octanol–water partition coefficient (Wildman–Crippen LogP) is 5.06. The summed E-state index contributed by atoms with van der Waals surface area (Å²) in [4.78, 5) is 7.11. The van der Waals surface area contributed by atoms with Crippen LogP contribution in [-0.2, 0) is 12.8 Å².